The summed E-state index contributed by atoms with van der Waals surface area (Å²) in [5, 5.41) is 0. The zero-order valence-electron chi connectivity index (χ0n) is 22.2. The van der Waals surface area contributed by atoms with E-state index in [1.807, 2.05) is 0 Å². The monoisotopic (exact) mass is 468 g/mol. The largest absolute Gasteiger partial charge is 0.361 e. The molecule has 4 nitrogen and oxygen atoms in total. The first-order chi connectivity index (χ1) is 16.6. The van der Waals surface area contributed by atoms with Crippen LogP contribution in [-0.2, 0) is 22.7 Å². The van der Waals surface area contributed by atoms with E-state index < -0.39 is 0 Å². The third kappa shape index (κ3) is 12.1. The predicted octanol–water partition coefficient (Wildman–Crippen LogP) is 7.33. The minimum absolute atomic E-state index is 0.656. The van der Waals surface area contributed by atoms with Gasteiger partial charge in [0, 0.05) is 0 Å². The molecule has 0 radical (unpaired) electrons. The molecule has 34 heavy (non-hydrogen) atoms. The number of unbranched alkanes of at least 4 members (excludes halogenated alkanes) is 6. The molecule has 0 saturated heterocycles. The fourth-order valence-corrected chi connectivity index (χ4v) is 3.97. The normalized spacial score (nSPS) is 11.6. The van der Waals surface area contributed by atoms with Crippen LogP contribution in [0.5, 0.6) is 0 Å². The molecule has 0 aliphatic carbocycles. The van der Waals surface area contributed by atoms with Gasteiger partial charge in [0.1, 0.15) is 0 Å². The first-order valence-corrected chi connectivity index (χ1v) is 13.3. The van der Waals surface area contributed by atoms with Crippen molar-refractivity contribution in [3.63, 3.8) is 0 Å². The van der Waals surface area contributed by atoms with E-state index in [4.69, 9.17) is 9.47 Å². The van der Waals surface area contributed by atoms with Crippen LogP contribution in [0.4, 0.5) is 0 Å². The zero-order valence-corrected chi connectivity index (χ0v) is 22.2. The Bertz CT molecular complexity index is 680. The molecule has 0 fully saturated rings. The van der Waals surface area contributed by atoms with E-state index in [1.54, 1.807) is 0 Å². The number of benzene rings is 2. The van der Waals surface area contributed by atoms with Gasteiger partial charge in [-0.25, -0.2) is 0 Å². The Hall–Kier alpha value is -1.72. The Labute approximate surface area is 209 Å². The maximum absolute atomic E-state index is 5.90. The molecule has 0 amide bonds. The number of rotatable bonds is 19. The van der Waals surface area contributed by atoms with Crippen molar-refractivity contribution in [1.82, 2.24) is 9.80 Å². The number of nitrogens with zero attached hydrogens (tertiary/aromatic N) is 2. The molecule has 0 spiro atoms. The number of hydrogen-bond donors (Lipinski definition) is 0. The summed E-state index contributed by atoms with van der Waals surface area (Å²) >= 11 is 0. The van der Waals surface area contributed by atoms with Crippen LogP contribution in [-0.4, -0.2) is 50.4 Å². The number of hydrogen-bond acceptors (Lipinski definition) is 4. The second-order valence-electron chi connectivity index (χ2n) is 9.63. The summed E-state index contributed by atoms with van der Waals surface area (Å²) in [6.45, 7) is 9.40. The first-order valence-electron chi connectivity index (χ1n) is 13.3. The highest BCUT2D eigenvalue weighted by atomic mass is 16.5. The first kappa shape index (κ1) is 28.5. The van der Waals surface area contributed by atoms with Crippen molar-refractivity contribution in [2.45, 2.75) is 78.4 Å². The van der Waals surface area contributed by atoms with Crippen LogP contribution in [0.1, 0.15) is 76.3 Å². The molecule has 0 N–H and O–H groups in total. The van der Waals surface area contributed by atoms with Gasteiger partial charge in [0.2, 0.25) is 0 Å². The highest BCUT2D eigenvalue weighted by Gasteiger charge is 2.03. The van der Waals surface area contributed by atoms with Crippen molar-refractivity contribution in [1.29, 1.82) is 0 Å². The molecule has 2 aromatic carbocycles. The third-order valence-corrected chi connectivity index (χ3v) is 6.19. The molecule has 2 aromatic rings. The van der Waals surface area contributed by atoms with Gasteiger partial charge in [-0.15, -0.1) is 0 Å². The fraction of sp³-hybridized carbons (Fsp3) is 0.600. The summed E-state index contributed by atoms with van der Waals surface area (Å²) in [6, 6.07) is 17.4. The van der Waals surface area contributed by atoms with Gasteiger partial charge in [-0.2, -0.15) is 0 Å². The lowest BCUT2D eigenvalue weighted by molar-refractivity contribution is 0.0316. The maximum atomic E-state index is 5.90. The van der Waals surface area contributed by atoms with Gasteiger partial charge in [0.15, 0.2) is 0 Å². The van der Waals surface area contributed by atoms with Crippen molar-refractivity contribution < 1.29 is 9.47 Å². The number of ether oxygens (including phenoxy) is 2. The zero-order chi connectivity index (χ0) is 24.4. The van der Waals surface area contributed by atoms with Crippen molar-refractivity contribution in [2.75, 3.05) is 40.6 Å². The summed E-state index contributed by atoms with van der Waals surface area (Å²) < 4.78 is 11.8. The second-order valence-corrected chi connectivity index (χ2v) is 9.63. The van der Waals surface area contributed by atoms with Gasteiger partial charge in [-0.05, 0) is 62.3 Å². The average molecular weight is 469 g/mol. The minimum Gasteiger partial charge on any atom is -0.361 e. The summed E-state index contributed by atoms with van der Waals surface area (Å²) in [5.74, 6) is 0. The molecular weight excluding hydrogens is 420 g/mol. The Balaban J connectivity index is 1.67. The Morgan fingerprint density at radius 1 is 0.529 bits per heavy atom. The van der Waals surface area contributed by atoms with Crippen LogP contribution in [0.2, 0.25) is 0 Å². The van der Waals surface area contributed by atoms with Gasteiger partial charge in [-0.1, -0.05) is 101 Å². The second kappa shape index (κ2) is 17.7. The molecule has 0 aliphatic heterocycles. The lowest BCUT2D eigenvalue weighted by Crippen LogP contribution is -2.22. The lowest BCUT2D eigenvalue weighted by Gasteiger charge is -2.17. The van der Waals surface area contributed by atoms with Crippen molar-refractivity contribution >= 4 is 0 Å². The summed E-state index contributed by atoms with van der Waals surface area (Å²) in [5.41, 5.74) is 4.89. The molecule has 0 saturated carbocycles. The van der Waals surface area contributed by atoms with Crippen LogP contribution in [0, 0.1) is 0 Å². The quantitative estimate of drug-likeness (QED) is 0.159. The van der Waals surface area contributed by atoms with Crippen molar-refractivity contribution in [2.24, 2.45) is 0 Å². The topological polar surface area (TPSA) is 24.9 Å². The summed E-state index contributed by atoms with van der Waals surface area (Å²) in [4.78, 5) is 4.53. The van der Waals surface area contributed by atoms with Crippen molar-refractivity contribution in [3.8, 4) is 11.1 Å². The molecule has 0 bridgehead atoms. The maximum Gasteiger partial charge on any atom is 0.0992 e. The van der Waals surface area contributed by atoms with Crippen LogP contribution >= 0.6 is 0 Å². The van der Waals surface area contributed by atoms with E-state index >= 15 is 0 Å². The Kier molecular flexibility index (Phi) is 14.8. The van der Waals surface area contributed by atoms with E-state index in [0.29, 0.717) is 26.7 Å². The van der Waals surface area contributed by atoms with Gasteiger partial charge >= 0.3 is 0 Å². The van der Waals surface area contributed by atoms with Crippen LogP contribution in [0.15, 0.2) is 48.5 Å². The third-order valence-electron chi connectivity index (χ3n) is 6.19. The van der Waals surface area contributed by atoms with Gasteiger partial charge in [0.05, 0.1) is 26.7 Å². The minimum atomic E-state index is 0.656. The molecule has 4 heteroatoms. The molecule has 0 aromatic heterocycles. The molecule has 0 aliphatic rings. The van der Waals surface area contributed by atoms with E-state index in [1.165, 1.54) is 73.6 Å². The predicted molar refractivity (Wildman–Crippen MR) is 145 cm³/mol. The van der Waals surface area contributed by atoms with Crippen molar-refractivity contribution in [3.05, 3.63) is 59.7 Å². The molecular formula is C30H48N2O2. The molecule has 0 atom stereocenters. The van der Waals surface area contributed by atoms with Gasteiger partial charge in [-0.3, -0.25) is 9.80 Å². The highest BCUT2D eigenvalue weighted by molar-refractivity contribution is 5.63. The average Bonchev–Trinajstić information content (AvgIpc) is 2.85. The lowest BCUT2D eigenvalue weighted by atomic mass is 10.0. The summed E-state index contributed by atoms with van der Waals surface area (Å²) in [7, 11) is 4.27. The smallest absolute Gasteiger partial charge is 0.0992 e. The van der Waals surface area contributed by atoms with E-state index in [0.717, 1.165) is 13.1 Å². The van der Waals surface area contributed by atoms with Crippen LogP contribution in [0.25, 0.3) is 11.1 Å². The standard InChI is InChI=1S/C30H48N2O2/c1-5-7-9-11-21-31(3)25-33-23-27-13-17-29(18-14-27)30-19-15-28(16-20-30)24-34-26-32(4)22-12-10-8-6-2/h13-20H,5-12,21-26H2,1-4H3. The van der Waals surface area contributed by atoms with E-state index in [9.17, 15) is 0 Å². The van der Waals surface area contributed by atoms with E-state index in [-0.39, 0.29) is 0 Å². The molecule has 190 valence electrons. The van der Waals surface area contributed by atoms with Gasteiger partial charge in [0.25, 0.3) is 0 Å². The van der Waals surface area contributed by atoms with Crippen LogP contribution < -0.4 is 0 Å². The SMILES string of the molecule is CCCCCCN(C)COCc1ccc(-c2ccc(COCN(C)CCCCCC)cc2)cc1. The van der Waals surface area contributed by atoms with Crippen LogP contribution in [0.3, 0.4) is 0 Å². The molecule has 0 heterocycles. The Morgan fingerprint density at radius 2 is 0.912 bits per heavy atom. The van der Waals surface area contributed by atoms with E-state index in [2.05, 4.69) is 86.3 Å². The highest BCUT2D eigenvalue weighted by Crippen LogP contribution is 2.21. The molecule has 2 rings (SSSR count). The van der Waals surface area contributed by atoms with Gasteiger partial charge < -0.3 is 9.47 Å². The Morgan fingerprint density at radius 3 is 1.26 bits per heavy atom. The molecule has 0 unspecified atom stereocenters. The summed E-state index contributed by atoms with van der Waals surface area (Å²) in [6.07, 6.45) is 10.4. The fourth-order valence-electron chi connectivity index (χ4n) is 3.97.